The third kappa shape index (κ3) is 2.56. The molecule has 3 N–H and O–H groups in total. The van der Waals surface area contributed by atoms with E-state index in [-0.39, 0.29) is 25.1 Å². The number of rotatable bonds is 3. The van der Waals surface area contributed by atoms with Crippen molar-refractivity contribution < 1.29 is 4.39 Å². The number of hydrogen-bond acceptors (Lipinski definition) is 1. The third-order valence-corrected chi connectivity index (χ3v) is 2.99. The van der Waals surface area contributed by atoms with E-state index < -0.39 is 0 Å². The summed E-state index contributed by atoms with van der Waals surface area (Å²) < 4.78 is 13.2. The van der Waals surface area contributed by atoms with E-state index in [1.54, 1.807) is 0 Å². The fourth-order valence-electron chi connectivity index (χ4n) is 1.69. The molecule has 16 heavy (non-hydrogen) atoms. The molecule has 0 aliphatic carbocycles. The lowest BCUT2D eigenvalue weighted by Gasteiger charge is -2.07. The monoisotopic (exact) mass is 306 g/mol. The molecule has 0 saturated heterocycles. The summed E-state index contributed by atoms with van der Waals surface area (Å²) >= 11 is 3.41. The van der Waals surface area contributed by atoms with Gasteiger partial charge in [-0.3, -0.25) is 4.39 Å². The van der Waals surface area contributed by atoms with Gasteiger partial charge >= 0.3 is 0 Å². The summed E-state index contributed by atoms with van der Waals surface area (Å²) in [7, 11) is 0. The summed E-state index contributed by atoms with van der Waals surface area (Å²) in [5.74, 6) is 0. The number of nitrogens with one attached hydrogen (secondary N) is 1. The first-order valence-corrected chi connectivity index (χ1v) is 5.59. The Morgan fingerprint density at radius 1 is 1.44 bits per heavy atom. The average Bonchev–Trinajstić information content (AvgIpc) is 2.60. The molecule has 2 nitrogen and oxygen atoms in total. The molecule has 0 amide bonds. The minimum atomic E-state index is -0.387. The Kier molecular flexibility index (Phi) is 4.77. The molecule has 1 heterocycles. The van der Waals surface area contributed by atoms with Gasteiger partial charge in [0.25, 0.3) is 0 Å². The molecule has 0 aliphatic heterocycles. The number of hydrogen-bond donors (Lipinski definition) is 2. The van der Waals surface area contributed by atoms with Crippen molar-refractivity contribution in [2.75, 3.05) is 6.67 Å². The van der Waals surface area contributed by atoms with Crippen molar-refractivity contribution in [1.29, 1.82) is 0 Å². The lowest BCUT2D eigenvalue weighted by atomic mass is 10.0. The van der Waals surface area contributed by atoms with Gasteiger partial charge in [0.05, 0.1) is 6.67 Å². The molecule has 2 rings (SSSR count). The van der Waals surface area contributed by atoms with Crippen LogP contribution in [0.5, 0.6) is 0 Å². The van der Waals surface area contributed by atoms with E-state index in [4.69, 9.17) is 5.73 Å². The number of halogens is 3. The topological polar surface area (TPSA) is 41.8 Å². The standard InChI is InChI=1S/C11H12BrFN2.ClH/c12-7-1-2-11-8(5-7)9(6-15-11)10(14)3-4-13;/h1-2,5-6,10,15H,3-4,14H2;1H/t10-;/m0./s1. The zero-order valence-corrected chi connectivity index (χ0v) is 10.9. The predicted octanol–water partition coefficient (Wildman–Crippen LogP) is 3.71. The summed E-state index contributed by atoms with van der Waals surface area (Å²) in [6.45, 7) is -0.387. The number of alkyl halides is 1. The lowest BCUT2D eigenvalue weighted by molar-refractivity contribution is 0.443. The Labute approximate surface area is 108 Å². The molecule has 1 aromatic carbocycles. The molecule has 0 aliphatic rings. The van der Waals surface area contributed by atoms with Crippen LogP contribution in [0.2, 0.25) is 0 Å². The molecular weight excluding hydrogens is 294 g/mol. The molecule has 1 aromatic heterocycles. The van der Waals surface area contributed by atoms with E-state index in [1.165, 1.54) is 0 Å². The normalized spacial score (nSPS) is 12.4. The molecule has 0 fully saturated rings. The zero-order chi connectivity index (χ0) is 10.8. The number of aromatic amines is 1. The van der Waals surface area contributed by atoms with Crippen LogP contribution in [0.4, 0.5) is 4.39 Å². The van der Waals surface area contributed by atoms with E-state index in [9.17, 15) is 4.39 Å². The second kappa shape index (κ2) is 5.66. The van der Waals surface area contributed by atoms with Crippen molar-refractivity contribution in [2.24, 2.45) is 5.73 Å². The van der Waals surface area contributed by atoms with E-state index >= 15 is 0 Å². The Hall–Kier alpha value is -0.580. The van der Waals surface area contributed by atoms with Gasteiger partial charge in [0.15, 0.2) is 0 Å². The van der Waals surface area contributed by atoms with Crippen LogP contribution in [0.3, 0.4) is 0 Å². The first kappa shape index (κ1) is 13.5. The Balaban J connectivity index is 0.00000128. The minimum absolute atomic E-state index is 0. The average molecular weight is 308 g/mol. The molecule has 0 bridgehead atoms. The van der Waals surface area contributed by atoms with Crippen molar-refractivity contribution in [1.82, 2.24) is 4.98 Å². The van der Waals surface area contributed by atoms with E-state index in [0.717, 1.165) is 20.9 Å². The van der Waals surface area contributed by atoms with Crippen LogP contribution in [-0.4, -0.2) is 11.7 Å². The van der Waals surface area contributed by atoms with Crippen molar-refractivity contribution in [2.45, 2.75) is 12.5 Å². The van der Waals surface area contributed by atoms with Gasteiger partial charge in [0, 0.05) is 27.6 Å². The Bertz CT molecular complexity index is 472. The Morgan fingerprint density at radius 3 is 2.88 bits per heavy atom. The highest BCUT2D eigenvalue weighted by Crippen LogP contribution is 2.27. The van der Waals surface area contributed by atoms with Crippen LogP contribution in [-0.2, 0) is 0 Å². The molecule has 5 heteroatoms. The van der Waals surface area contributed by atoms with Gasteiger partial charge < -0.3 is 10.7 Å². The fraction of sp³-hybridized carbons (Fsp3) is 0.273. The summed E-state index contributed by atoms with van der Waals surface area (Å²) in [4.78, 5) is 3.13. The maximum absolute atomic E-state index is 12.2. The van der Waals surface area contributed by atoms with Gasteiger partial charge in [0.2, 0.25) is 0 Å². The van der Waals surface area contributed by atoms with Gasteiger partial charge in [-0.05, 0) is 30.2 Å². The number of aromatic nitrogens is 1. The maximum Gasteiger partial charge on any atom is 0.0912 e. The maximum atomic E-state index is 12.2. The van der Waals surface area contributed by atoms with Gasteiger partial charge in [-0.15, -0.1) is 12.4 Å². The zero-order valence-electron chi connectivity index (χ0n) is 8.54. The van der Waals surface area contributed by atoms with Gasteiger partial charge in [-0.2, -0.15) is 0 Å². The van der Waals surface area contributed by atoms with Gasteiger partial charge in [-0.1, -0.05) is 15.9 Å². The van der Waals surface area contributed by atoms with Crippen LogP contribution < -0.4 is 5.73 Å². The molecule has 0 unspecified atom stereocenters. The molecule has 0 saturated carbocycles. The number of nitrogens with two attached hydrogens (primary N) is 1. The van der Waals surface area contributed by atoms with Crippen LogP contribution in [0.25, 0.3) is 10.9 Å². The van der Waals surface area contributed by atoms with E-state index in [1.807, 2.05) is 24.4 Å². The fourth-order valence-corrected chi connectivity index (χ4v) is 2.06. The predicted molar refractivity (Wildman–Crippen MR) is 70.8 cm³/mol. The van der Waals surface area contributed by atoms with Crippen molar-refractivity contribution in [3.63, 3.8) is 0 Å². The van der Waals surface area contributed by atoms with Crippen molar-refractivity contribution >= 4 is 39.2 Å². The third-order valence-electron chi connectivity index (χ3n) is 2.50. The smallest absolute Gasteiger partial charge is 0.0912 e. The second-order valence-corrected chi connectivity index (χ2v) is 4.43. The second-order valence-electron chi connectivity index (χ2n) is 3.52. The molecule has 88 valence electrons. The first-order chi connectivity index (χ1) is 7.22. The summed E-state index contributed by atoms with van der Waals surface area (Å²) in [6.07, 6.45) is 2.22. The van der Waals surface area contributed by atoms with E-state index in [0.29, 0.717) is 6.42 Å². The number of fused-ring (bicyclic) bond motifs is 1. The highest BCUT2D eigenvalue weighted by molar-refractivity contribution is 9.10. The SMILES string of the molecule is Cl.N[C@@H](CCF)c1c[nH]c2ccc(Br)cc12. The molecule has 2 aromatic rings. The highest BCUT2D eigenvalue weighted by Gasteiger charge is 2.11. The summed E-state index contributed by atoms with van der Waals surface area (Å²) in [5, 5.41) is 1.06. The van der Waals surface area contributed by atoms with Gasteiger partial charge in [-0.25, -0.2) is 0 Å². The molecular formula is C11H13BrClFN2. The van der Waals surface area contributed by atoms with Crippen LogP contribution in [0, 0.1) is 0 Å². The highest BCUT2D eigenvalue weighted by atomic mass is 79.9. The first-order valence-electron chi connectivity index (χ1n) is 4.80. The number of H-pyrrole nitrogens is 1. The molecule has 1 atom stereocenters. The Morgan fingerprint density at radius 2 is 2.19 bits per heavy atom. The largest absolute Gasteiger partial charge is 0.361 e. The quantitative estimate of drug-likeness (QED) is 0.892. The van der Waals surface area contributed by atoms with Crippen molar-refractivity contribution in [3.8, 4) is 0 Å². The number of benzene rings is 1. The van der Waals surface area contributed by atoms with Gasteiger partial charge in [0.1, 0.15) is 0 Å². The van der Waals surface area contributed by atoms with Crippen LogP contribution >= 0.6 is 28.3 Å². The molecule has 0 radical (unpaired) electrons. The summed E-state index contributed by atoms with van der Waals surface area (Å²) in [5.41, 5.74) is 7.90. The summed E-state index contributed by atoms with van der Waals surface area (Å²) in [6, 6.07) is 5.70. The van der Waals surface area contributed by atoms with E-state index in [2.05, 4.69) is 20.9 Å². The van der Waals surface area contributed by atoms with Crippen LogP contribution in [0.15, 0.2) is 28.9 Å². The minimum Gasteiger partial charge on any atom is -0.361 e. The molecule has 0 spiro atoms. The lowest BCUT2D eigenvalue weighted by Crippen LogP contribution is -2.10. The van der Waals surface area contributed by atoms with Crippen LogP contribution in [0.1, 0.15) is 18.0 Å². The van der Waals surface area contributed by atoms with Crippen molar-refractivity contribution in [3.05, 3.63) is 34.4 Å².